The molecule has 168 valence electrons. The molecule has 31 heavy (non-hydrogen) atoms. The molecule has 1 aliphatic heterocycles. The van der Waals surface area contributed by atoms with Crippen LogP contribution in [0.2, 0.25) is 0 Å². The second kappa shape index (κ2) is 11.0. The Morgan fingerprint density at radius 3 is 2.65 bits per heavy atom. The van der Waals surface area contributed by atoms with E-state index in [0.717, 1.165) is 36.4 Å². The molecule has 0 radical (unpaired) electrons. The third-order valence-corrected chi connectivity index (χ3v) is 5.79. The lowest BCUT2D eigenvalue weighted by Gasteiger charge is -2.42. The Labute approximate surface area is 186 Å². The first-order valence-corrected chi connectivity index (χ1v) is 11.2. The smallest absolute Gasteiger partial charge is 0.412 e. The average Bonchev–Trinajstić information content (AvgIpc) is 2.76. The van der Waals surface area contributed by atoms with E-state index in [1.807, 2.05) is 30.3 Å². The third-order valence-electron chi connectivity index (χ3n) is 5.79. The van der Waals surface area contributed by atoms with Gasteiger partial charge >= 0.3 is 6.09 Å². The van der Waals surface area contributed by atoms with Gasteiger partial charge in [-0.05, 0) is 54.9 Å². The predicted molar refractivity (Wildman–Crippen MR) is 125 cm³/mol. The van der Waals surface area contributed by atoms with Gasteiger partial charge in [0.1, 0.15) is 17.7 Å². The van der Waals surface area contributed by atoms with Crippen LogP contribution < -0.4 is 19.7 Å². The maximum Gasteiger partial charge on any atom is 0.412 e. The van der Waals surface area contributed by atoms with Crippen molar-refractivity contribution in [2.24, 2.45) is 0 Å². The predicted octanol–water partition coefficient (Wildman–Crippen LogP) is 5.33. The van der Waals surface area contributed by atoms with E-state index in [9.17, 15) is 4.79 Å². The van der Waals surface area contributed by atoms with E-state index in [0.29, 0.717) is 12.3 Å². The van der Waals surface area contributed by atoms with E-state index < -0.39 is 0 Å². The van der Waals surface area contributed by atoms with Gasteiger partial charge in [0.05, 0.1) is 7.11 Å². The zero-order chi connectivity index (χ0) is 22.2. The molecule has 0 saturated heterocycles. The van der Waals surface area contributed by atoms with Crippen LogP contribution in [0.1, 0.15) is 56.3 Å². The van der Waals surface area contributed by atoms with Gasteiger partial charge in [-0.2, -0.15) is 0 Å². The minimum absolute atomic E-state index is 0.102. The molecule has 2 aromatic carbocycles. The number of carbonyl (C=O) groups excluding carboxylic acids is 1. The van der Waals surface area contributed by atoms with Crippen LogP contribution >= 0.6 is 0 Å². The first-order chi connectivity index (χ1) is 15.0. The van der Waals surface area contributed by atoms with E-state index in [4.69, 9.17) is 9.47 Å². The van der Waals surface area contributed by atoms with Gasteiger partial charge in [0.2, 0.25) is 0 Å². The van der Waals surface area contributed by atoms with Gasteiger partial charge in [-0.15, -0.1) is 0 Å². The van der Waals surface area contributed by atoms with E-state index in [1.54, 1.807) is 7.11 Å². The molecule has 6 heteroatoms. The quantitative estimate of drug-likeness (QED) is 0.550. The van der Waals surface area contributed by atoms with Crippen molar-refractivity contribution in [3.05, 3.63) is 53.6 Å². The van der Waals surface area contributed by atoms with Crippen molar-refractivity contribution >= 4 is 11.8 Å². The lowest BCUT2D eigenvalue weighted by molar-refractivity contribution is 0.199. The molecule has 0 aromatic heterocycles. The standard InChI is InChI=1S/C25H35N3O3/c1-5-6-7-8-9-15-26-25(29)31-22-13-14-23-20(17-22)18-27(2)24(28(23)3)19-11-10-12-21(16-19)30-4/h10-14,16-17,24H,5-9,15,18H2,1-4H3,(H,26,29). The summed E-state index contributed by atoms with van der Waals surface area (Å²) in [7, 11) is 5.87. The van der Waals surface area contributed by atoms with E-state index in [1.165, 1.54) is 24.8 Å². The minimum Gasteiger partial charge on any atom is -0.497 e. The molecule has 1 atom stereocenters. The van der Waals surface area contributed by atoms with Crippen molar-refractivity contribution in [3.8, 4) is 11.5 Å². The number of nitrogens with one attached hydrogen (secondary N) is 1. The molecule has 1 aliphatic rings. The molecule has 3 rings (SSSR count). The summed E-state index contributed by atoms with van der Waals surface area (Å²) in [6.07, 6.45) is 5.53. The van der Waals surface area contributed by atoms with Crippen LogP contribution in [0.3, 0.4) is 0 Å². The van der Waals surface area contributed by atoms with Crippen LogP contribution in [0, 0.1) is 0 Å². The van der Waals surface area contributed by atoms with Gasteiger partial charge in [-0.3, -0.25) is 4.90 Å². The number of rotatable bonds is 9. The van der Waals surface area contributed by atoms with Crippen molar-refractivity contribution in [2.75, 3.05) is 32.6 Å². The van der Waals surface area contributed by atoms with E-state index >= 15 is 0 Å². The lowest BCUT2D eigenvalue weighted by Crippen LogP contribution is -2.41. The molecule has 1 N–H and O–H groups in total. The Morgan fingerprint density at radius 2 is 1.87 bits per heavy atom. The van der Waals surface area contributed by atoms with Crippen LogP contribution in [0.4, 0.5) is 10.5 Å². The summed E-state index contributed by atoms with van der Waals surface area (Å²) in [6.45, 7) is 3.61. The Bertz CT molecular complexity index is 871. The number of benzene rings is 2. The molecule has 1 heterocycles. The maximum absolute atomic E-state index is 12.1. The Morgan fingerprint density at radius 1 is 1.06 bits per heavy atom. The fraction of sp³-hybridized carbons (Fsp3) is 0.480. The highest BCUT2D eigenvalue weighted by Crippen LogP contribution is 2.38. The first kappa shape index (κ1) is 22.9. The number of nitrogens with zero attached hydrogens (tertiary/aromatic N) is 2. The van der Waals surface area contributed by atoms with Crippen molar-refractivity contribution in [2.45, 2.75) is 51.7 Å². The van der Waals surface area contributed by atoms with Gasteiger partial charge in [0.15, 0.2) is 0 Å². The summed E-state index contributed by atoms with van der Waals surface area (Å²) < 4.78 is 10.9. The monoisotopic (exact) mass is 425 g/mol. The maximum atomic E-state index is 12.1. The number of unbranched alkanes of at least 4 members (excludes halogenated alkanes) is 4. The zero-order valence-electron chi connectivity index (χ0n) is 19.2. The zero-order valence-corrected chi connectivity index (χ0v) is 19.2. The van der Waals surface area contributed by atoms with Crippen LogP contribution in [-0.4, -0.2) is 38.7 Å². The van der Waals surface area contributed by atoms with E-state index in [-0.39, 0.29) is 12.3 Å². The molecule has 1 unspecified atom stereocenters. The second-order valence-electron chi connectivity index (χ2n) is 8.20. The van der Waals surface area contributed by atoms with Gasteiger partial charge in [0, 0.05) is 25.8 Å². The van der Waals surface area contributed by atoms with Crippen molar-refractivity contribution < 1.29 is 14.3 Å². The van der Waals surface area contributed by atoms with Gasteiger partial charge < -0.3 is 19.7 Å². The summed E-state index contributed by atoms with van der Waals surface area (Å²) in [5, 5.41) is 2.85. The summed E-state index contributed by atoms with van der Waals surface area (Å²) in [4.78, 5) is 16.6. The molecule has 0 aliphatic carbocycles. The fourth-order valence-electron chi connectivity index (χ4n) is 4.22. The second-order valence-corrected chi connectivity index (χ2v) is 8.20. The van der Waals surface area contributed by atoms with Crippen LogP contribution in [-0.2, 0) is 6.54 Å². The number of hydrogen-bond donors (Lipinski definition) is 1. The summed E-state index contributed by atoms with van der Waals surface area (Å²) in [5.74, 6) is 1.43. The molecule has 0 bridgehead atoms. The normalized spacial score (nSPS) is 16.0. The Balaban J connectivity index is 1.62. The summed E-state index contributed by atoms with van der Waals surface area (Å²) >= 11 is 0. The molecule has 1 amide bonds. The minimum atomic E-state index is -0.387. The van der Waals surface area contributed by atoms with Crippen LogP contribution in [0.25, 0.3) is 0 Å². The fourth-order valence-corrected chi connectivity index (χ4v) is 4.22. The van der Waals surface area contributed by atoms with Gasteiger partial charge in [-0.1, -0.05) is 44.7 Å². The summed E-state index contributed by atoms with van der Waals surface area (Å²) in [5.41, 5.74) is 3.44. The number of anilines is 1. The third kappa shape index (κ3) is 5.91. The number of carbonyl (C=O) groups is 1. The topological polar surface area (TPSA) is 54.0 Å². The van der Waals surface area contributed by atoms with Crippen LogP contribution in [0.15, 0.2) is 42.5 Å². The number of ether oxygens (including phenoxy) is 2. The number of hydrogen-bond acceptors (Lipinski definition) is 5. The molecule has 6 nitrogen and oxygen atoms in total. The van der Waals surface area contributed by atoms with E-state index in [2.05, 4.69) is 48.3 Å². The molecule has 0 spiro atoms. The SMILES string of the molecule is CCCCCCCNC(=O)Oc1ccc2c(c1)CN(C)C(c1cccc(OC)c1)N2C. The molecular weight excluding hydrogens is 390 g/mol. The van der Waals surface area contributed by atoms with Crippen molar-refractivity contribution in [3.63, 3.8) is 0 Å². The number of fused-ring (bicyclic) bond motifs is 1. The number of amides is 1. The molecule has 0 fully saturated rings. The largest absolute Gasteiger partial charge is 0.497 e. The van der Waals surface area contributed by atoms with Gasteiger partial charge in [-0.25, -0.2) is 4.79 Å². The highest BCUT2D eigenvalue weighted by molar-refractivity contribution is 5.71. The first-order valence-electron chi connectivity index (χ1n) is 11.2. The van der Waals surface area contributed by atoms with Crippen LogP contribution in [0.5, 0.6) is 11.5 Å². The number of methoxy groups -OCH3 is 1. The lowest BCUT2D eigenvalue weighted by atomic mass is 10.0. The van der Waals surface area contributed by atoms with Crippen molar-refractivity contribution in [1.29, 1.82) is 0 Å². The summed E-state index contributed by atoms with van der Waals surface area (Å²) in [6, 6.07) is 14.0. The van der Waals surface area contributed by atoms with Gasteiger partial charge in [0.25, 0.3) is 0 Å². The molecular formula is C25H35N3O3. The highest BCUT2D eigenvalue weighted by Gasteiger charge is 2.29. The average molecular weight is 426 g/mol. The Kier molecular flexibility index (Phi) is 8.18. The van der Waals surface area contributed by atoms with Crippen molar-refractivity contribution in [1.82, 2.24) is 10.2 Å². The Hall–Kier alpha value is -2.73. The molecule has 0 saturated carbocycles. The highest BCUT2D eigenvalue weighted by atomic mass is 16.6. The molecule has 2 aromatic rings.